The highest BCUT2D eigenvalue weighted by Gasteiger charge is 2.27. The highest BCUT2D eigenvalue weighted by atomic mass is 35.5. The first-order chi connectivity index (χ1) is 12.5. The molecule has 27 heavy (non-hydrogen) atoms. The minimum atomic E-state index is -0.613. The average Bonchev–Trinajstić information content (AvgIpc) is 2.52. The highest BCUT2D eigenvalue weighted by molar-refractivity contribution is 6.30. The quantitative estimate of drug-likeness (QED) is 0.436. The molecular weight excluding hydrogens is 368 g/mol. The molecule has 0 aliphatic rings. The number of hydrogen-bond acceptors (Lipinski definition) is 5. The molecule has 0 spiro atoms. The van der Waals surface area contributed by atoms with Crippen LogP contribution in [0.5, 0.6) is 5.75 Å². The predicted octanol–water partition coefficient (Wildman–Crippen LogP) is 4.96. The molecule has 6 heteroatoms. The van der Waals surface area contributed by atoms with Gasteiger partial charge in [0.2, 0.25) is 0 Å². The number of carbonyl (C=O) groups is 2. The van der Waals surface area contributed by atoms with Crippen molar-refractivity contribution in [2.24, 2.45) is 5.92 Å². The molecule has 3 atom stereocenters. The molecule has 0 radical (unpaired) electrons. The Balaban J connectivity index is 2.65. The fraction of sp³-hybridized carbons (Fsp3) is 0.524. The van der Waals surface area contributed by atoms with Gasteiger partial charge in [0.15, 0.2) is 0 Å². The summed E-state index contributed by atoms with van der Waals surface area (Å²) in [4.78, 5) is 24.2. The lowest BCUT2D eigenvalue weighted by molar-refractivity contribution is -0.165. The van der Waals surface area contributed by atoms with Crippen LogP contribution in [-0.2, 0) is 19.1 Å². The van der Waals surface area contributed by atoms with Crippen molar-refractivity contribution < 1.29 is 23.8 Å². The minimum absolute atomic E-state index is 0.0376. The van der Waals surface area contributed by atoms with Crippen LogP contribution in [0.4, 0.5) is 0 Å². The Morgan fingerprint density at radius 1 is 1.26 bits per heavy atom. The van der Waals surface area contributed by atoms with E-state index < -0.39 is 35.7 Å². The van der Waals surface area contributed by atoms with Gasteiger partial charge in [-0.15, -0.1) is 6.58 Å². The molecular formula is C21H29ClO5. The van der Waals surface area contributed by atoms with Crippen molar-refractivity contribution in [1.29, 1.82) is 0 Å². The van der Waals surface area contributed by atoms with E-state index in [2.05, 4.69) is 6.58 Å². The Kier molecular flexibility index (Phi) is 8.83. The van der Waals surface area contributed by atoms with Gasteiger partial charge in [0.1, 0.15) is 23.6 Å². The van der Waals surface area contributed by atoms with E-state index >= 15 is 0 Å². The summed E-state index contributed by atoms with van der Waals surface area (Å²) in [6.07, 6.45) is 1.20. The Hall–Kier alpha value is -2.01. The zero-order valence-electron chi connectivity index (χ0n) is 16.7. The summed E-state index contributed by atoms with van der Waals surface area (Å²) >= 11 is 5.98. The van der Waals surface area contributed by atoms with E-state index in [1.54, 1.807) is 65.0 Å². The first kappa shape index (κ1) is 23.0. The molecule has 0 bridgehead atoms. The standard InChI is InChI=1S/C21H29ClO5/c1-7-9-18(26-17-11-8-10-16(22)13-17)15(3)25-20(24)14(2)12-19(23)27-21(4,5)6/h7-8,10-11,13-15,18H,1,9,12H2,2-6H3/t14-,15+,18-/m1/s1. The van der Waals surface area contributed by atoms with Crippen molar-refractivity contribution in [3.8, 4) is 5.75 Å². The molecule has 1 aromatic rings. The third kappa shape index (κ3) is 8.96. The number of esters is 2. The van der Waals surface area contributed by atoms with E-state index in [-0.39, 0.29) is 6.42 Å². The van der Waals surface area contributed by atoms with E-state index in [4.69, 9.17) is 25.8 Å². The maximum atomic E-state index is 12.3. The van der Waals surface area contributed by atoms with Crippen LogP contribution < -0.4 is 4.74 Å². The van der Waals surface area contributed by atoms with E-state index in [1.807, 2.05) is 0 Å². The molecule has 150 valence electrons. The fourth-order valence-corrected chi connectivity index (χ4v) is 2.49. The first-order valence-corrected chi connectivity index (χ1v) is 9.35. The molecule has 0 aliphatic carbocycles. The number of benzene rings is 1. The summed E-state index contributed by atoms with van der Waals surface area (Å²) in [5, 5.41) is 0.556. The number of carbonyl (C=O) groups excluding carboxylic acids is 2. The summed E-state index contributed by atoms with van der Waals surface area (Å²) in [6, 6.07) is 7.00. The van der Waals surface area contributed by atoms with E-state index in [0.717, 1.165) is 0 Å². The summed E-state index contributed by atoms with van der Waals surface area (Å²) in [6.45, 7) is 12.4. The maximum Gasteiger partial charge on any atom is 0.309 e. The monoisotopic (exact) mass is 396 g/mol. The van der Waals surface area contributed by atoms with E-state index in [0.29, 0.717) is 17.2 Å². The molecule has 0 saturated heterocycles. The molecule has 0 fully saturated rings. The molecule has 0 unspecified atom stereocenters. The second-order valence-electron chi connectivity index (χ2n) is 7.47. The van der Waals surface area contributed by atoms with Gasteiger partial charge in [0, 0.05) is 11.4 Å². The molecule has 0 aromatic heterocycles. The molecule has 0 amide bonds. The largest absolute Gasteiger partial charge is 0.486 e. The van der Waals surface area contributed by atoms with E-state index in [9.17, 15) is 9.59 Å². The summed E-state index contributed by atoms with van der Waals surface area (Å²) < 4.78 is 16.7. The number of ether oxygens (including phenoxy) is 3. The normalized spacial score (nSPS) is 14.6. The number of hydrogen-bond donors (Lipinski definition) is 0. The Bertz CT molecular complexity index is 650. The summed E-state index contributed by atoms with van der Waals surface area (Å²) in [5.41, 5.74) is -0.589. The zero-order chi connectivity index (χ0) is 20.6. The van der Waals surface area contributed by atoms with Gasteiger partial charge in [-0.05, 0) is 45.9 Å². The molecule has 0 heterocycles. The van der Waals surface area contributed by atoms with Crippen molar-refractivity contribution in [3.63, 3.8) is 0 Å². The first-order valence-electron chi connectivity index (χ1n) is 8.97. The van der Waals surface area contributed by atoms with Crippen LogP contribution in [0.15, 0.2) is 36.9 Å². The second kappa shape index (κ2) is 10.4. The third-order valence-corrected chi connectivity index (χ3v) is 3.84. The van der Waals surface area contributed by atoms with Gasteiger partial charge in [0.25, 0.3) is 0 Å². The predicted molar refractivity (Wildman–Crippen MR) is 106 cm³/mol. The smallest absolute Gasteiger partial charge is 0.309 e. The topological polar surface area (TPSA) is 61.8 Å². The van der Waals surface area contributed by atoms with E-state index in [1.165, 1.54) is 0 Å². The van der Waals surface area contributed by atoms with Crippen molar-refractivity contribution in [1.82, 2.24) is 0 Å². The van der Waals surface area contributed by atoms with Gasteiger partial charge < -0.3 is 14.2 Å². The SMILES string of the molecule is C=CC[C@@H](Oc1cccc(Cl)c1)[C@H](C)OC(=O)[C@H](C)CC(=O)OC(C)(C)C. The van der Waals surface area contributed by atoms with Gasteiger partial charge in [0.05, 0.1) is 12.3 Å². The lowest BCUT2D eigenvalue weighted by atomic mass is 10.1. The third-order valence-electron chi connectivity index (χ3n) is 3.60. The molecule has 1 rings (SSSR count). The summed E-state index contributed by atoms with van der Waals surface area (Å²) in [5.74, 6) is -0.938. The van der Waals surface area contributed by atoms with Gasteiger partial charge in [-0.2, -0.15) is 0 Å². The molecule has 1 aromatic carbocycles. The lowest BCUT2D eigenvalue weighted by Crippen LogP contribution is -2.35. The average molecular weight is 397 g/mol. The van der Waals surface area contributed by atoms with Crippen molar-refractivity contribution in [2.45, 2.75) is 65.3 Å². The zero-order valence-corrected chi connectivity index (χ0v) is 17.4. The number of rotatable bonds is 9. The second-order valence-corrected chi connectivity index (χ2v) is 7.91. The molecule has 5 nitrogen and oxygen atoms in total. The highest BCUT2D eigenvalue weighted by Crippen LogP contribution is 2.22. The van der Waals surface area contributed by atoms with Gasteiger partial charge in [-0.1, -0.05) is 30.7 Å². The van der Waals surface area contributed by atoms with Gasteiger partial charge in [-0.25, -0.2) is 0 Å². The number of halogens is 1. The van der Waals surface area contributed by atoms with Crippen LogP contribution in [-0.4, -0.2) is 29.7 Å². The van der Waals surface area contributed by atoms with Gasteiger partial charge >= 0.3 is 11.9 Å². The molecule has 0 N–H and O–H groups in total. The van der Waals surface area contributed by atoms with Gasteiger partial charge in [-0.3, -0.25) is 9.59 Å². The Labute approximate surface area is 166 Å². The Morgan fingerprint density at radius 2 is 1.93 bits per heavy atom. The van der Waals surface area contributed by atoms with Crippen molar-refractivity contribution >= 4 is 23.5 Å². The molecule has 0 saturated carbocycles. The minimum Gasteiger partial charge on any atom is -0.486 e. The van der Waals surface area contributed by atoms with Crippen LogP contribution in [0.2, 0.25) is 5.02 Å². The van der Waals surface area contributed by atoms with Crippen LogP contribution in [0.3, 0.4) is 0 Å². The molecule has 0 aliphatic heterocycles. The fourth-order valence-electron chi connectivity index (χ4n) is 2.31. The maximum absolute atomic E-state index is 12.3. The van der Waals surface area contributed by atoms with Crippen molar-refractivity contribution in [3.05, 3.63) is 41.9 Å². The van der Waals surface area contributed by atoms with Crippen LogP contribution in [0, 0.1) is 5.92 Å². The van der Waals surface area contributed by atoms with Crippen LogP contribution >= 0.6 is 11.6 Å². The van der Waals surface area contributed by atoms with Crippen LogP contribution in [0.25, 0.3) is 0 Å². The van der Waals surface area contributed by atoms with Crippen molar-refractivity contribution in [2.75, 3.05) is 0 Å². The lowest BCUT2D eigenvalue weighted by Gasteiger charge is -2.26. The van der Waals surface area contributed by atoms with Crippen LogP contribution in [0.1, 0.15) is 47.5 Å². The Morgan fingerprint density at radius 3 is 2.48 bits per heavy atom. The summed E-state index contributed by atoms with van der Waals surface area (Å²) in [7, 11) is 0.